The highest BCUT2D eigenvalue weighted by Crippen LogP contribution is 2.67. The number of fused-ring (bicyclic) bond motifs is 5. The summed E-state index contributed by atoms with van der Waals surface area (Å²) in [4.78, 5) is 17.4. The Kier molecular flexibility index (Phi) is 24.2. The zero-order chi connectivity index (χ0) is 58.0. The van der Waals surface area contributed by atoms with Crippen molar-refractivity contribution in [2.45, 2.75) is 134 Å². The molecule has 0 bridgehead atoms. The third-order valence-corrected chi connectivity index (χ3v) is 20.2. The van der Waals surface area contributed by atoms with Gasteiger partial charge in [0, 0.05) is 24.1 Å². The molecule has 8 rings (SSSR count). The van der Waals surface area contributed by atoms with Crippen molar-refractivity contribution in [2.24, 2.45) is 34.5 Å². The van der Waals surface area contributed by atoms with Crippen molar-refractivity contribution in [3.8, 4) is 11.3 Å². The summed E-state index contributed by atoms with van der Waals surface area (Å²) in [5.74, 6) is 1.71. The molecule has 3 fully saturated rings. The number of ether oxygens (including phenoxy) is 7. The van der Waals surface area contributed by atoms with E-state index < -0.39 is 21.3 Å². The topological polar surface area (TPSA) is 212 Å². The molecule has 17 nitrogen and oxygen atoms in total. The number of aliphatic hydroxyl groups excluding tert-OH is 1. The van der Waals surface area contributed by atoms with E-state index in [-0.39, 0.29) is 58.0 Å². The number of unbranched alkanes of at least 4 members (excludes halogenated alkanes) is 3. The molecule has 82 heavy (non-hydrogen) atoms. The van der Waals surface area contributed by atoms with E-state index in [1.54, 1.807) is 35.1 Å². The van der Waals surface area contributed by atoms with Crippen LogP contribution in [-0.2, 0) is 56.1 Å². The number of hydrogen-bond donors (Lipinski definition) is 3. The van der Waals surface area contributed by atoms with E-state index in [0.29, 0.717) is 119 Å². The van der Waals surface area contributed by atoms with Crippen LogP contribution in [0.25, 0.3) is 11.3 Å². The number of sulfone groups is 1. The molecule has 3 N–H and O–H groups in total. The van der Waals surface area contributed by atoms with Gasteiger partial charge in [0.1, 0.15) is 5.69 Å². The Morgan fingerprint density at radius 2 is 1.46 bits per heavy atom. The van der Waals surface area contributed by atoms with Crippen molar-refractivity contribution >= 4 is 44.6 Å². The molecule has 4 aliphatic carbocycles. The van der Waals surface area contributed by atoms with Crippen LogP contribution in [0.4, 0.5) is 5.69 Å². The second-order valence-corrected chi connectivity index (χ2v) is 26.3. The fraction of sp³-hybridized carbons (Fsp3) is 0.645. The Labute approximate surface area is 495 Å². The van der Waals surface area contributed by atoms with Gasteiger partial charge in [-0.1, -0.05) is 79.2 Å². The minimum atomic E-state index is -3.73. The summed E-state index contributed by atoms with van der Waals surface area (Å²) in [6.07, 6.45) is 19.9. The van der Waals surface area contributed by atoms with Gasteiger partial charge in [0.05, 0.1) is 142 Å². The van der Waals surface area contributed by atoms with Gasteiger partial charge in [0.2, 0.25) is 0 Å². The number of hydrogen-bond acceptors (Lipinski definition) is 15. The van der Waals surface area contributed by atoms with E-state index in [9.17, 15) is 23.4 Å². The molecular formula is C62H87Cl2N5O12S. The van der Waals surface area contributed by atoms with Crippen LogP contribution in [0.5, 0.6) is 0 Å². The predicted octanol–water partition coefficient (Wildman–Crippen LogP) is 10.6. The number of aliphatic hydroxyl groups is 2. The van der Waals surface area contributed by atoms with Crippen LogP contribution in [0.15, 0.2) is 83.5 Å². The molecule has 2 unspecified atom stereocenters. The Bertz CT molecular complexity index is 2790. The number of rotatable bonds is 35. The Morgan fingerprint density at radius 1 is 0.768 bits per heavy atom. The summed E-state index contributed by atoms with van der Waals surface area (Å²) < 4.78 is 67.2. The van der Waals surface area contributed by atoms with E-state index in [0.717, 1.165) is 75.8 Å². The average Bonchev–Trinajstić information content (AvgIpc) is 2.93. The van der Waals surface area contributed by atoms with Crippen LogP contribution in [0.3, 0.4) is 0 Å². The van der Waals surface area contributed by atoms with E-state index in [2.05, 4.69) is 47.5 Å². The fourth-order valence-electron chi connectivity index (χ4n) is 13.6. The lowest BCUT2D eigenvalue weighted by atomic mass is 9.46. The van der Waals surface area contributed by atoms with E-state index in [1.807, 2.05) is 18.3 Å². The second kappa shape index (κ2) is 31.0. The van der Waals surface area contributed by atoms with Crippen molar-refractivity contribution in [3.63, 3.8) is 0 Å². The normalized spacial score (nSPS) is 24.1. The molecule has 0 saturated heterocycles. The number of benzene rings is 2. The Morgan fingerprint density at radius 3 is 2.18 bits per heavy atom. The first-order valence-electron chi connectivity index (χ1n) is 29.7. The Hall–Kier alpha value is -3.89. The minimum Gasteiger partial charge on any atom is -0.393 e. The molecule has 0 spiro atoms. The molecule has 3 saturated carbocycles. The van der Waals surface area contributed by atoms with Gasteiger partial charge in [-0.3, -0.25) is 9.78 Å². The highest BCUT2D eigenvalue weighted by atomic mass is 35.5. The lowest BCUT2D eigenvalue weighted by molar-refractivity contribution is -0.105. The summed E-state index contributed by atoms with van der Waals surface area (Å²) in [5, 5.41) is 34.0. The third-order valence-electron chi connectivity index (χ3n) is 17.9. The van der Waals surface area contributed by atoms with Crippen LogP contribution in [0.2, 0.25) is 10.0 Å². The van der Waals surface area contributed by atoms with Crippen molar-refractivity contribution < 1.29 is 56.6 Å². The zero-order valence-corrected chi connectivity index (χ0v) is 50.6. The number of carbonyl (C=O) groups is 1. The quantitative estimate of drug-likeness (QED) is 0.0289. The lowest BCUT2D eigenvalue weighted by Gasteiger charge is -2.59. The summed E-state index contributed by atoms with van der Waals surface area (Å²) in [5.41, 5.74) is 4.00. The molecule has 2 aromatic carbocycles. The predicted molar refractivity (Wildman–Crippen MR) is 316 cm³/mol. The van der Waals surface area contributed by atoms with Crippen LogP contribution < -0.4 is 5.32 Å². The van der Waals surface area contributed by atoms with Crippen LogP contribution in [0, 0.1) is 34.5 Å². The third kappa shape index (κ3) is 17.4. The van der Waals surface area contributed by atoms with Crippen LogP contribution in [0.1, 0.15) is 120 Å². The number of anilines is 1. The maximum atomic E-state index is 13.1. The Balaban J connectivity index is 0.564. The highest BCUT2D eigenvalue weighted by molar-refractivity contribution is 7.91. The standard InChI is InChI=1S/C62H87Cl2N5O12S/c1-60-22-19-48(70)40-45(60)11-14-50-53-16-18-58(61(53,2)23-20-54(50)60)62(3,72)21-7-4-5-9-26-75-36-37-81-44-47-43-69(68-67-47)25-27-76-28-29-77-30-31-78-32-33-79-34-35-80-38-39-82(73,74)49-13-15-51(56(64)42-49)59(71)66-46-12-17-55(63)52(41-46)57-10-6-8-24-65-57/h6,8,10-13,15,17,24,41-43,48,50,53-54,58,70,72H,4-5,7,9,14,16,18-23,25-40,44H2,1-3H3,(H,66,71)/t48-,50-,53-,54-,58?,60-,61-,62?/m0/s1. The average molecular weight is 1200 g/mol. The fourth-order valence-corrected chi connectivity index (χ4v) is 15.3. The molecule has 0 radical (unpaired) electrons. The first kappa shape index (κ1) is 64.1. The van der Waals surface area contributed by atoms with Crippen molar-refractivity contribution in [3.05, 3.63) is 99.9 Å². The number of carbonyl (C=O) groups excluding carboxylic acids is 1. The number of pyridine rings is 1. The van der Waals surface area contributed by atoms with Crippen LogP contribution >= 0.6 is 23.2 Å². The van der Waals surface area contributed by atoms with Gasteiger partial charge in [-0.15, -0.1) is 5.10 Å². The summed E-state index contributed by atoms with van der Waals surface area (Å²) in [7, 11) is -3.73. The van der Waals surface area contributed by atoms with E-state index >= 15 is 0 Å². The van der Waals surface area contributed by atoms with Gasteiger partial charge < -0.3 is 48.7 Å². The van der Waals surface area contributed by atoms with Crippen molar-refractivity contribution in [1.82, 2.24) is 20.0 Å². The second-order valence-electron chi connectivity index (χ2n) is 23.4. The maximum Gasteiger partial charge on any atom is 0.257 e. The molecule has 20 heteroatoms. The summed E-state index contributed by atoms with van der Waals surface area (Å²) >= 11 is 12.8. The molecule has 452 valence electrons. The number of nitrogens with one attached hydrogen (secondary N) is 1. The molecule has 8 atom stereocenters. The molecule has 4 aliphatic rings. The first-order chi connectivity index (χ1) is 39.6. The van der Waals surface area contributed by atoms with Gasteiger partial charge in [0.15, 0.2) is 9.84 Å². The lowest BCUT2D eigenvalue weighted by Crippen LogP contribution is -2.53. The number of nitrogens with zero attached hydrogens (tertiary/aromatic N) is 4. The van der Waals surface area contributed by atoms with Crippen LogP contribution in [-0.4, -0.2) is 148 Å². The zero-order valence-electron chi connectivity index (χ0n) is 48.3. The summed E-state index contributed by atoms with van der Waals surface area (Å²) in [6.45, 7) is 13.1. The van der Waals surface area contributed by atoms with Gasteiger partial charge in [-0.05, 0) is 154 Å². The SMILES string of the molecule is CC(O)(CCCCCCOCCOCc1cn(CCOCCOCCOCCOCCOCCS(=O)(=O)c2ccc(C(=O)Nc3ccc(Cl)c(-c4ccccn4)c3)c(Cl)c2)nn1)C1CC[C@H]2[C@@H]3CC=C4C[C@@H](O)CC[C@]4(C)[C@H]3CC[C@]12C. The monoisotopic (exact) mass is 1200 g/mol. The van der Waals surface area contributed by atoms with E-state index in [4.69, 9.17) is 56.4 Å². The minimum absolute atomic E-state index is 0.00597. The van der Waals surface area contributed by atoms with Gasteiger partial charge >= 0.3 is 0 Å². The largest absolute Gasteiger partial charge is 0.393 e. The number of aromatic nitrogens is 4. The molecule has 1 amide bonds. The number of halogens is 2. The van der Waals surface area contributed by atoms with Gasteiger partial charge in [-0.2, -0.15) is 0 Å². The first-order valence-corrected chi connectivity index (χ1v) is 32.1. The molecule has 4 aromatic rings. The van der Waals surface area contributed by atoms with Gasteiger partial charge in [0.25, 0.3) is 5.91 Å². The molecule has 0 aliphatic heterocycles. The summed E-state index contributed by atoms with van der Waals surface area (Å²) in [6, 6.07) is 14.5. The van der Waals surface area contributed by atoms with Gasteiger partial charge in [-0.25, -0.2) is 13.1 Å². The smallest absolute Gasteiger partial charge is 0.257 e. The van der Waals surface area contributed by atoms with E-state index in [1.165, 1.54) is 43.0 Å². The number of amides is 1. The number of allylic oxidation sites excluding steroid dienone is 1. The highest BCUT2D eigenvalue weighted by Gasteiger charge is 2.61. The molecule has 2 heterocycles. The molecular weight excluding hydrogens is 1110 g/mol. The van der Waals surface area contributed by atoms with Crippen molar-refractivity contribution in [1.29, 1.82) is 0 Å². The molecule has 2 aromatic heterocycles. The maximum absolute atomic E-state index is 13.1. The van der Waals surface area contributed by atoms with Crippen molar-refractivity contribution in [2.75, 3.05) is 97.0 Å².